The molecule has 2 aliphatic heterocycles. The van der Waals surface area contributed by atoms with Gasteiger partial charge in [0.15, 0.2) is 0 Å². The molecule has 29 heavy (non-hydrogen) atoms. The average Bonchev–Trinajstić information content (AvgIpc) is 2.64. The van der Waals surface area contributed by atoms with Crippen LogP contribution in [0.5, 0.6) is 0 Å². The highest BCUT2D eigenvalue weighted by atomic mass is 79.9. The fourth-order valence-corrected chi connectivity index (χ4v) is 7.85. The molecule has 2 saturated heterocycles. The fraction of sp³-hybridized carbons (Fsp3) is 0.650. The predicted molar refractivity (Wildman–Crippen MR) is 123 cm³/mol. The van der Waals surface area contributed by atoms with Crippen molar-refractivity contribution in [2.45, 2.75) is 56.9 Å². The smallest absolute Gasteiger partial charge is 0.243 e. The summed E-state index contributed by atoms with van der Waals surface area (Å²) in [5.41, 5.74) is 1.41. The molecule has 6 nitrogen and oxygen atoms in total. The molecule has 1 unspecified atom stereocenters. The first-order valence-corrected chi connectivity index (χ1v) is 13.1. The van der Waals surface area contributed by atoms with Gasteiger partial charge in [0.2, 0.25) is 15.9 Å². The monoisotopic (exact) mass is 549 g/mol. The van der Waals surface area contributed by atoms with Gasteiger partial charge < -0.3 is 9.80 Å². The number of rotatable bonds is 5. The number of carbonyl (C=O) groups excluding carboxylic acids is 1. The summed E-state index contributed by atoms with van der Waals surface area (Å²) in [6.07, 6.45) is 4.32. The molecule has 2 heterocycles. The molecule has 1 aromatic carbocycles. The zero-order valence-electron chi connectivity index (χ0n) is 17.2. The van der Waals surface area contributed by atoms with Crippen LogP contribution in [0.15, 0.2) is 26.0 Å². The van der Waals surface area contributed by atoms with Crippen molar-refractivity contribution >= 4 is 53.5 Å². The normalized spacial score (nSPS) is 22.8. The zero-order chi connectivity index (χ0) is 21.4. The van der Waals surface area contributed by atoms with Crippen LogP contribution in [0.4, 0.5) is 5.69 Å². The van der Waals surface area contributed by atoms with Crippen LogP contribution in [0.1, 0.15) is 46.0 Å². The Morgan fingerprint density at radius 1 is 1.21 bits per heavy atom. The van der Waals surface area contributed by atoms with Crippen LogP contribution in [-0.4, -0.2) is 51.9 Å². The Bertz CT molecular complexity index is 860. The summed E-state index contributed by atoms with van der Waals surface area (Å²) in [7, 11) is -2.03. The molecular formula is C20H29Br2N3O3S. The molecule has 0 spiro atoms. The number of benzene rings is 1. The first-order chi connectivity index (χ1) is 13.5. The second-order valence-electron chi connectivity index (χ2n) is 8.52. The Morgan fingerprint density at radius 3 is 2.31 bits per heavy atom. The van der Waals surface area contributed by atoms with Gasteiger partial charge in [-0.2, -0.15) is 0 Å². The minimum Gasteiger partial charge on any atom is -0.371 e. The molecule has 9 heteroatoms. The van der Waals surface area contributed by atoms with Gasteiger partial charge in [-0.1, -0.05) is 20.3 Å². The maximum atomic E-state index is 13.1. The first kappa shape index (κ1) is 23.0. The van der Waals surface area contributed by atoms with Gasteiger partial charge in [0.1, 0.15) is 4.90 Å². The van der Waals surface area contributed by atoms with Gasteiger partial charge in [-0.15, -0.1) is 0 Å². The molecule has 1 atom stereocenters. The molecular weight excluding hydrogens is 522 g/mol. The summed E-state index contributed by atoms with van der Waals surface area (Å²) >= 11 is 6.96. The van der Waals surface area contributed by atoms with Gasteiger partial charge in [-0.05, 0) is 68.7 Å². The van der Waals surface area contributed by atoms with E-state index in [0.717, 1.165) is 31.6 Å². The summed E-state index contributed by atoms with van der Waals surface area (Å²) in [5, 5.41) is 0. The van der Waals surface area contributed by atoms with Crippen molar-refractivity contribution in [2.75, 3.05) is 31.6 Å². The van der Waals surface area contributed by atoms with Gasteiger partial charge in [-0.25, -0.2) is 13.1 Å². The van der Waals surface area contributed by atoms with Crippen molar-refractivity contribution in [2.24, 2.45) is 5.41 Å². The van der Waals surface area contributed by atoms with E-state index in [0.29, 0.717) is 33.7 Å². The van der Waals surface area contributed by atoms with Gasteiger partial charge >= 0.3 is 0 Å². The third-order valence-electron chi connectivity index (χ3n) is 6.39. The van der Waals surface area contributed by atoms with Crippen LogP contribution in [-0.2, 0) is 14.8 Å². The quantitative estimate of drug-likeness (QED) is 0.598. The minimum atomic E-state index is -3.73. The lowest BCUT2D eigenvalue weighted by Gasteiger charge is -2.40. The highest BCUT2D eigenvalue weighted by molar-refractivity contribution is 9.11. The van der Waals surface area contributed by atoms with E-state index < -0.39 is 10.0 Å². The zero-order valence-corrected chi connectivity index (χ0v) is 21.2. The maximum Gasteiger partial charge on any atom is 0.243 e. The van der Waals surface area contributed by atoms with Crippen molar-refractivity contribution < 1.29 is 13.2 Å². The van der Waals surface area contributed by atoms with Crippen LogP contribution in [0.25, 0.3) is 0 Å². The Kier molecular flexibility index (Phi) is 7.03. The number of hydrogen-bond donors (Lipinski definition) is 1. The summed E-state index contributed by atoms with van der Waals surface area (Å²) in [6, 6.07) is 3.50. The highest BCUT2D eigenvalue weighted by Gasteiger charge is 2.32. The SMILES string of the molecule is CCC1(C)CCN(c2cc(Br)c(S(=O)(=O)NC3CCC(=O)N(C)C3)c(Br)c2)CC1. The summed E-state index contributed by atoms with van der Waals surface area (Å²) in [6.45, 7) is 6.91. The lowest BCUT2D eigenvalue weighted by Crippen LogP contribution is -2.48. The minimum absolute atomic E-state index is 0.0489. The average molecular weight is 551 g/mol. The molecule has 162 valence electrons. The van der Waals surface area contributed by atoms with E-state index in [2.05, 4.69) is 55.3 Å². The van der Waals surface area contributed by atoms with Crippen LogP contribution in [0, 0.1) is 5.41 Å². The number of likely N-dealkylation sites (N-methyl/N-ethyl adjacent to an activating group) is 1. The Morgan fingerprint density at radius 2 is 1.79 bits per heavy atom. The highest BCUT2D eigenvalue weighted by Crippen LogP contribution is 2.39. The largest absolute Gasteiger partial charge is 0.371 e. The molecule has 1 N–H and O–H groups in total. The summed E-state index contributed by atoms with van der Waals surface area (Å²) < 4.78 is 30.0. The molecule has 0 aliphatic carbocycles. The number of anilines is 1. The van der Waals surface area contributed by atoms with Crippen LogP contribution >= 0.6 is 31.9 Å². The van der Waals surface area contributed by atoms with E-state index in [9.17, 15) is 13.2 Å². The lowest BCUT2D eigenvalue weighted by molar-refractivity contribution is -0.132. The molecule has 0 aromatic heterocycles. The number of piperidine rings is 2. The van der Waals surface area contributed by atoms with E-state index in [1.807, 2.05) is 12.1 Å². The summed E-state index contributed by atoms with van der Waals surface area (Å²) in [4.78, 5) is 15.8. The number of likely N-dealkylation sites (tertiary alicyclic amines) is 1. The maximum absolute atomic E-state index is 13.1. The third kappa shape index (κ3) is 5.17. The van der Waals surface area contributed by atoms with E-state index in [-0.39, 0.29) is 16.8 Å². The fourth-order valence-electron chi connectivity index (χ4n) is 4.03. The predicted octanol–water partition coefficient (Wildman–Crippen LogP) is 4.13. The number of nitrogens with zero attached hydrogens (tertiary/aromatic N) is 2. The number of amides is 1. The standard InChI is InChI=1S/C20H29Br2N3O3S/c1-4-20(2)7-9-25(10-8-20)15-11-16(21)19(17(22)12-15)29(27,28)23-14-5-6-18(26)24(3)13-14/h11-12,14,23H,4-10,13H2,1-3H3. The first-order valence-electron chi connectivity index (χ1n) is 10.0. The molecule has 0 radical (unpaired) electrons. The van der Waals surface area contributed by atoms with Crippen LogP contribution in [0.2, 0.25) is 0 Å². The number of hydrogen-bond acceptors (Lipinski definition) is 4. The molecule has 2 fully saturated rings. The van der Waals surface area contributed by atoms with Crippen LogP contribution in [0.3, 0.4) is 0 Å². The second-order valence-corrected chi connectivity index (χ2v) is 11.9. The van der Waals surface area contributed by atoms with Gasteiger partial charge in [-0.3, -0.25) is 4.79 Å². The topological polar surface area (TPSA) is 69.7 Å². The number of carbonyl (C=O) groups is 1. The van der Waals surface area contributed by atoms with Crippen molar-refractivity contribution in [1.82, 2.24) is 9.62 Å². The van der Waals surface area contributed by atoms with Crippen molar-refractivity contribution in [3.63, 3.8) is 0 Å². The Labute approximate surface area is 190 Å². The number of halogens is 2. The summed E-state index contributed by atoms with van der Waals surface area (Å²) in [5.74, 6) is 0.0489. The van der Waals surface area contributed by atoms with Gasteiger partial charge in [0.05, 0.1) is 0 Å². The Hall–Kier alpha value is -0.640. The van der Waals surface area contributed by atoms with E-state index in [1.54, 1.807) is 11.9 Å². The molecule has 0 saturated carbocycles. The molecule has 1 amide bonds. The molecule has 0 bridgehead atoms. The number of sulfonamides is 1. The van der Waals surface area contributed by atoms with Crippen molar-refractivity contribution in [1.29, 1.82) is 0 Å². The van der Waals surface area contributed by atoms with E-state index in [4.69, 9.17) is 0 Å². The lowest BCUT2D eigenvalue weighted by atomic mass is 9.78. The number of nitrogens with one attached hydrogen (secondary N) is 1. The molecule has 1 aromatic rings. The van der Waals surface area contributed by atoms with Crippen molar-refractivity contribution in [3.05, 3.63) is 21.1 Å². The Balaban J connectivity index is 1.78. The van der Waals surface area contributed by atoms with E-state index in [1.165, 1.54) is 6.42 Å². The molecule has 3 rings (SSSR count). The third-order valence-corrected chi connectivity index (χ3v) is 9.79. The second kappa shape index (κ2) is 8.85. The van der Waals surface area contributed by atoms with Gasteiger partial charge in [0.25, 0.3) is 0 Å². The van der Waals surface area contributed by atoms with Crippen LogP contribution < -0.4 is 9.62 Å². The molecule has 2 aliphatic rings. The van der Waals surface area contributed by atoms with Crippen molar-refractivity contribution in [3.8, 4) is 0 Å². The van der Waals surface area contributed by atoms with E-state index >= 15 is 0 Å². The van der Waals surface area contributed by atoms with Gasteiger partial charge in [0, 0.05) is 53.8 Å².